The fourth-order valence-corrected chi connectivity index (χ4v) is 2.01. The summed E-state index contributed by atoms with van der Waals surface area (Å²) >= 11 is 5.86. The van der Waals surface area contributed by atoms with Crippen molar-refractivity contribution < 1.29 is 4.74 Å². The highest BCUT2D eigenvalue weighted by Crippen LogP contribution is 2.18. The lowest BCUT2D eigenvalue weighted by atomic mass is 10.0. The Labute approximate surface area is 101 Å². The van der Waals surface area contributed by atoms with E-state index in [1.807, 2.05) is 19.2 Å². The molecule has 86 valence electrons. The molecule has 0 fully saturated rings. The number of halogens is 1. The van der Waals surface area contributed by atoms with E-state index in [4.69, 9.17) is 16.3 Å². The number of likely N-dealkylation sites (N-methyl/N-ethyl adjacent to an activating group) is 1. The Morgan fingerprint density at radius 2 is 2.12 bits per heavy atom. The highest BCUT2D eigenvalue weighted by Gasteiger charge is 2.17. The van der Waals surface area contributed by atoms with Gasteiger partial charge in [0.1, 0.15) is 5.76 Å². The number of hydrogen-bond donors (Lipinski definition) is 1. The summed E-state index contributed by atoms with van der Waals surface area (Å²) in [5.41, 5.74) is 1.26. The summed E-state index contributed by atoms with van der Waals surface area (Å²) in [6.07, 6.45) is 4.12. The molecule has 1 aliphatic rings. The van der Waals surface area contributed by atoms with Crippen molar-refractivity contribution in [2.24, 2.45) is 0 Å². The summed E-state index contributed by atoms with van der Waals surface area (Å²) in [6, 6.07) is 8.23. The van der Waals surface area contributed by atoms with E-state index in [9.17, 15) is 0 Å². The van der Waals surface area contributed by atoms with Gasteiger partial charge in [-0.15, -0.1) is 0 Å². The zero-order valence-electron chi connectivity index (χ0n) is 9.37. The molecule has 0 aromatic heterocycles. The zero-order valence-corrected chi connectivity index (χ0v) is 10.1. The summed E-state index contributed by atoms with van der Waals surface area (Å²) in [6.45, 7) is 0.814. The van der Waals surface area contributed by atoms with Crippen LogP contribution in [0.4, 0.5) is 0 Å². The Morgan fingerprint density at radius 1 is 1.38 bits per heavy atom. The summed E-state index contributed by atoms with van der Waals surface area (Å²) in [5, 5.41) is 4.06. The number of ether oxygens (including phenoxy) is 1. The second-order valence-electron chi connectivity index (χ2n) is 3.92. The first-order chi connectivity index (χ1) is 7.79. The van der Waals surface area contributed by atoms with Crippen LogP contribution in [-0.2, 0) is 11.2 Å². The van der Waals surface area contributed by atoms with Crippen LogP contribution >= 0.6 is 11.6 Å². The third kappa shape index (κ3) is 2.77. The molecule has 2 rings (SSSR count). The maximum Gasteiger partial charge on any atom is 0.109 e. The van der Waals surface area contributed by atoms with E-state index < -0.39 is 0 Å². The molecule has 1 aliphatic heterocycles. The monoisotopic (exact) mass is 237 g/mol. The Hall–Kier alpha value is -0.990. The van der Waals surface area contributed by atoms with Crippen molar-refractivity contribution in [1.29, 1.82) is 0 Å². The van der Waals surface area contributed by atoms with Gasteiger partial charge in [-0.05, 0) is 37.2 Å². The van der Waals surface area contributed by atoms with Crippen molar-refractivity contribution in [3.05, 3.63) is 46.7 Å². The predicted octanol–water partition coefficient (Wildman–Crippen LogP) is 2.77. The van der Waals surface area contributed by atoms with Gasteiger partial charge >= 0.3 is 0 Å². The van der Waals surface area contributed by atoms with E-state index in [1.165, 1.54) is 5.56 Å². The molecule has 16 heavy (non-hydrogen) atoms. The zero-order chi connectivity index (χ0) is 11.4. The van der Waals surface area contributed by atoms with Gasteiger partial charge in [-0.25, -0.2) is 0 Å². The predicted molar refractivity (Wildman–Crippen MR) is 66.7 cm³/mol. The Morgan fingerprint density at radius 3 is 2.69 bits per heavy atom. The SMILES string of the molecule is CNC(Cc1ccc(Cl)cc1)C1=CCCO1. The highest BCUT2D eigenvalue weighted by atomic mass is 35.5. The molecule has 1 aromatic carbocycles. The minimum absolute atomic E-state index is 0.267. The number of hydrogen-bond acceptors (Lipinski definition) is 2. The quantitative estimate of drug-likeness (QED) is 0.870. The van der Waals surface area contributed by atoms with Crippen LogP contribution in [-0.4, -0.2) is 19.7 Å². The molecule has 0 radical (unpaired) electrons. The molecule has 1 unspecified atom stereocenters. The molecule has 0 saturated carbocycles. The largest absolute Gasteiger partial charge is 0.496 e. The third-order valence-corrected chi connectivity index (χ3v) is 3.03. The van der Waals surface area contributed by atoms with Gasteiger partial charge in [0, 0.05) is 11.4 Å². The average molecular weight is 238 g/mol. The fourth-order valence-electron chi connectivity index (χ4n) is 1.88. The first-order valence-electron chi connectivity index (χ1n) is 5.54. The molecule has 2 nitrogen and oxygen atoms in total. The molecule has 1 atom stereocenters. The van der Waals surface area contributed by atoms with Gasteiger partial charge in [0.05, 0.1) is 12.6 Å². The van der Waals surface area contributed by atoms with Gasteiger partial charge in [0.25, 0.3) is 0 Å². The molecule has 0 aliphatic carbocycles. The van der Waals surface area contributed by atoms with Gasteiger partial charge in [0.15, 0.2) is 0 Å². The first-order valence-corrected chi connectivity index (χ1v) is 5.92. The van der Waals surface area contributed by atoms with Crippen molar-refractivity contribution in [3.8, 4) is 0 Å². The maximum absolute atomic E-state index is 5.86. The van der Waals surface area contributed by atoms with Crippen molar-refractivity contribution in [2.45, 2.75) is 18.9 Å². The van der Waals surface area contributed by atoms with E-state index in [-0.39, 0.29) is 6.04 Å². The molecule has 3 heteroatoms. The third-order valence-electron chi connectivity index (χ3n) is 2.78. The minimum atomic E-state index is 0.267. The lowest BCUT2D eigenvalue weighted by Crippen LogP contribution is -2.30. The Kier molecular flexibility index (Phi) is 3.86. The van der Waals surface area contributed by atoms with Crippen LogP contribution in [0.5, 0.6) is 0 Å². The van der Waals surface area contributed by atoms with E-state index in [2.05, 4.69) is 23.5 Å². The van der Waals surface area contributed by atoms with Crippen LogP contribution in [0.2, 0.25) is 5.02 Å². The van der Waals surface area contributed by atoms with Crippen molar-refractivity contribution >= 4 is 11.6 Å². The summed E-state index contributed by atoms with van der Waals surface area (Å²) in [4.78, 5) is 0. The molecule has 1 aromatic rings. The van der Waals surface area contributed by atoms with Gasteiger partial charge in [-0.3, -0.25) is 0 Å². The topological polar surface area (TPSA) is 21.3 Å². The highest BCUT2D eigenvalue weighted by molar-refractivity contribution is 6.30. The fraction of sp³-hybridized carbons (Fsp3) is 0.385. The first kappa shape index (κ1) is 11.5. The van der Waals surface area contributed by atoms with Crippen LogP contribution in [0.15, 0.2) is 36.1 Å². The van der Waals surface area contributed by atoms with Gasteiger partial charge in [0.2, 0.25) is 0 Å². The second-order valence-corrected chi connectivity index (χ2v) is 4.35. The van der Waals surface area contributed by atoms with Gasteiger partial charge in [-0.1, -0.05) is 23.7 Å². The van der Waals surface area contributed by atoms with Crippen LogP contribution in [0.25, 0.3) is 0 Å². The summed E-state index contributed by atoms with van der Waals surface area (Å²) < 4.78 is 5.57. The molecular weight excluding hydrogens is 222 g/mol. The van der Waals surface area contributed by atoms with E-state index in [0.717, 1.165) is 30.2 Å². The number of nitrogens with one attached hydrogen (secondary N) is 1. The van der Waals surface area contributed by atoms with Gasteiger partial charge < -0.3 is 10.1 Å². The molecule has 0 amide bonds. The van der Waals surface area contributed by atoms with Crippen LogP contribution < -0.4 is 5.32 Å². The van der Waals surface area contributed by atoms with E-state index in [1.54, 1.807) is 0 Å². The van der Waals surface area contributed by atoms with Gasteiger partial charge in [-0.2, -0.15) is 0 Å². The summed E-state index contributed by atoms with van der Waals surface area (Å²) in [7, 11) is 1.96. The molecular formula is C13H16ClNO. The van der Waals surface area contributed by atoms with Crippen LogP contribution in [0.3, 0.4) is 0 Å². The smallest absolute Gasteiger partial charge is 0.109 e. The number of benzene rings is 1. The summed E-state index contributed by atoms with van der Waals surface area (Å²) in [5.74, 6) is 1.07. The lowest BCUT2D eigenvalue weighted by Gasteiger charge is -2.17. The normalized spacial score (nSPS) is 16.8. The molecule has 1 N–H and O–H groups in total. The van der Waals surface area contributed by atoms with Crippen molar-refractivity contribution in [1.82, 2.24) is 5.32 Å². The van der Waals surface area contributed by atoms with Crippen LogP contribution in [0, 0.1) is 0 Å². The van der Waals surface area contributed by atoms with Crippen molar-refractivity contribution in [2.75, 3.05) is 13.7 Å². The van der Waals surface area contributed by atoms with E-state index >= 15 is 0 Å². The van der Waals surface area contributed by atoms with Crippen molar-refractivity contribution in [3.63, 3.8) is 0 Å². The Balaban J connectivity index is 2.03. The Bertz CT molecular complexity index is 372. The second kappa shape index (κ2) is 5.37. The molecule has 1 heterocycles. The van der Waals surface area contributed by atoms with Crippen LogP contribution in [0.1, 0.15) is 12.0 Å². The average Bonchev–Trinajstić information content (AvgIpc) is 2.82. The lowest BCUT2D eigenvalue weighted by molar-refractivity contribution is 0.217. The maximum atomic E-state index is 5.86. The number of rotatable bonds is 4. The molecule has 0 saturated heterocycles. The van der Waals surface area contributed by atoms with E-state index in [0.29, 0.717) is 0 Å². The molecule has 0 spiro atoms. The standard InChI is InChI=1S/C13H16ClNO/c1-15-12(13-3-2-8-16-13)9-10-4-6-11(14)7-5-10/h3-7,12,15H,2,8-9H2,1H3. The minimum Gasteiger partial charge on any atom is -0.496 e. The molecule has 0 bridgehead atoms.